The quantitative estimate of drug-likeness (QED) is 0.368. The Kier molecular flexibility index (Phi) is 6.42. The van der Waals surface area contributed by atoms with E-state index in [4.69, 9.17) is 0 Å². The average Bonchev–Trinajstić information content (AvgIpc) is 3.51. The summed E-state index contributed by atoms with van der Waals surface area (Å²) in [6, 6.07) is 4.55. The Labute approximate surface area is 221 Å². The van der Waals surface area contributed by atoms with Gasteiger partial charge in [-0.05, 0) is 38.1 Å². The van der Waals surface area contributed by atoms with Gasteiger partial charge in [-0.2, -0.15) is 23.4 Å². The number of H-pyrrole nitrogens is 1. The fraction of sp³-hybridized carbons (Fsp3) is 0.423. The third-order valence-electron chi connectivity index (χ3n) is 7.46. The topological polar surface area (TPSA) is 103 Å². The van der Waals surface area contributed by atoms with Crippen LogP contribution in [-0.2, 0) is 12.7 Å². The van der Waals surface area contributed by atoms with E-state index in [0.29, 0.717) is 59.1 Å². The van der Waals surface area contributed by atoms with Gasteiger partial charge in [-0.3, -0.25) is 4.98 Å². The van der Waals surface area contributed by atoms with Gasteiger partial charge in [0.2, 0.25) is 5.95 Å². The SMILES string of the molecule is N#Cc1c[nH]c2nc(N3CCC(c4nc(-c5ccnc(C(F)(F)F)c5)cn4CCN4CCC4)[C@H](F)C3)ncc12. The molecule has 6 heterocycles. The number of nitrogens with one attached hydrogen (secondary N) is 1. The molecule has 0 amide bonds. The number of rotatable bonds is 6. The van der Waals surface area contributed by atoms with Gasteiger partial charge in [0.05, 0.1) is 29.1 Å². The molecule has 39 heavy (non-hydrogen) atoms. The molecule has 0 radical (unpaired) electrons. The first-order valence-corrected chi connectivity index (χ1v) is 12.8. The summed E-state index contributed by atoms with van der Waals surface area (Å²) in [4.78, 5) is 23.9. The molecule has 1 unspecified atom stereocenters. The molecule has 2 aliphatic heterocycles. The Hall–Kier alpha value is -4.05. The molecule has 2 fully saturated rings. The standard InChI is InChI=1S/C26H25F4N9/c27-20-14-39(25-34-13-19-17(11-31)12-33-23(19)36-25)7-3-18(20)24-35-21(15-38(24)9-8-37-5-1-6-37)16-2-4-32-22(10-16)26(28,29)30/h2,4,10,12-13,15,18,20H,1,3,5-9,14H2,(H,33,34,36)/t18?,20-/m1/s1. The predicted octanol–water partition coefficient (Wildman–Crippen LogP) is 4.14. The van der Waals surface area contributed by atoms with Crippen LogP contribution < -0.4 is 4.90 Å². The maximum atomic E-state index is 15.8. The third kappa shape index (κ3) is 4.92. The summed E-state index contributed by atoms with van der Waals surface area (Å²) in [6.07, 6.45) is 1.66. The summed E-state index contributed by atoms with van der Waals surface area (Å²) in [5.74, 6) is 0.366. The number of likely N-dealkylation sites (tertiary alicyclic amines) is 1. The predicted molar refractivity (Wildman–Crippen MR) is 135 cm³/mol. The largest absolute Gasteiger partial charge is 0.433 e. The number of piperidine rings is 1. The first-order valence-electron chi connectivity index (χ1n) is 12.8. The van der Waals surface area contributed by atoms with Crippen molar-refractivity contribution in [1.82, 2.24) is 34.4 Å². The van der Waals surface area contributed by atoms with Crippen molar-refractivity contribution in [1.29, 1.82) is 5.26 Å². The van der Waals surface area contributed by atoms with Gasteiger partial charge in [0.25, 0.3) is 0 Å². The molecular formula is C26H25F4N9. The van der Waals surface area contributed by atoms with Crippen LogP contribution in [-0.4, -0.2) is 73.3 Å². The van der Waals surface area contributed by atoms with Crippen molar-refractivity contribution >= 4 is 17.0 Å². The van der Waals surface area contributed by atoms with Crippen LogP contribution in [0.2, 0.25) is 0 Å². The summed E-state index contributed by atoms with van der Waals surface area (Å²) in [5, 5.41) is 9.80. The van der Waals surface area contributed by atoms with E-state index in [1.807, 2.05) is 4.57 Å². The van der Waals surface area contributed by atoms with E-state index in [0.717, 1.165) is 38.3 Å². The van der Waals surface area contributed by atoms with E-state index < -0.39 is 24.0 Å². The number of hydrogen-bond donors (Lipinski definition) is 1. The van der Waals surface area contributed by atoms with E-state index >= 15 is 4.39 Å². The van der Waals surface area contributed by atoms with Gasteiger partial charge in [-0.1, -0.05) is 0 Å². The first-order chi connectivity index (χ1) is 18.8. The molecule has 0 saturated carbocycles. The summed E-state index contributed by atoms with van der Waals surface area (Å²) >= 11 is 0. The zero-order valence-corrected chi connectivity index (χ0v) is 20.9. The molecule has 2 atom stereocenters. The van der Waals surface area contributed by atoms with Gasteiger partial charge in [0, 0.05) is 50.0 Å². The second-order valence-electron chi connectivity index (χ2n) is 9.90. The lowest BCUT2D eigenvalue weighted by Crippen LogP contribution is -2.43. The molecule has 4 aromatic rings. The number of halogens is 4. The van der Waals surface area contributed by atoms with E-state index in [1.165, 1.54) is 6.07 Å². The highest BCUT2D eigenvalue weighted by Gasteiger charge is 2.36. The van der Waals surface area contributed by atoms with Gasteiger partial charge < -0.3 is 19.4 Å². The number of nitriles is 1. The second kappa shape index (κ2) is 9.92. The molecule has 2 aliphatic rings. The number of aromatic amines is 1. The van der Waals surface area contributed by atoms with E-state index in [1.54, 1.807) is 23.5 Å². The van der Waals surface area contributed by atoms with Crippen LogP contribution in [0.15, 0.2) is 36.9 Å². The lowest BCUT2D eigenvalue weighted by molar-refractivity contribution is -0.141. The minimum Gasteiger partial charge on any atom is -0.345 e. The van der Waals surface area contributed by atoms with Crippen molar-refractivity contribution in [3.8, 4) is 17.3 Å². The number of alkyl halides is 4. The Bertz CT molecular complexity index is 1530. The van der Waals surface area contributed by atoms with Gasteiger partial charge in [-0.15, -0.1) is 0 Å². The molecule has 1 N–H and O–H groups in total. The highest BCUT2D eigenvalue weighted by Crippen LogP contribution is 2.35. The molecule has 13 heteroatoms. The molecule has 6 rings (SSSR count). The zero-order valence-electron chi connectivity index (χ0n) is 20.9. The molecule has 0 bridgehead atoms. The fourth-order valence-electron chi connectivity index (χ4n) is 5.16. The van der Waals surface area contributed by atoms with Crippen LogP contribution in [0.25, 0.3) is 22.3 Å². The summed E-state index contributed by atoms with van der Waals surface area (Å²) in [7, 11) is 0. The normalized spacial score (nSPS) is 20.2. The second-order valence-corrected chi connectivity index (χ2v) is 9.90. The molecule has 202 valence electrons. The molecule has 0 aromatic carbocycles. The van der Waals surface area contributed by atoms with E-state index in [9.17, 15) is 18.4 Å². The monoisotopic (exact) mass is 539 g/mol. The molecular weight excluding hydrogens is 514 g/mol. The number of nitrogens with zero attached hydrogens (tertiary/aromatic N) is 8. The summed E-state index contributed by atoms with van der Waals surface area (Å²) in [6.45, 7) is 3.86. The van der Waals surface area contributed by atoms with E-state index in [2.05, 4.69) is 35.9 Å². The average molecular weight is 540 g/mol. The van der Waals surface area contributed by atoms with Gasteiger partial charge >= 0.3 is 6.18 Å². The Balaban J connectivity index is 1.26. The van der Waals surface area contributed by atoms with Crippen LogP contribution in [0.3, 0.4) is 0 Å². The number of imidazole rings is 1. The minimum absolute atomic E-state index is 0.0454. The van der Waals surface area contributed by atoms with Gasteiger partial charge in [-0.25, -0.2) is 14.4 Å². The van der Waals surface area contributed by atoms with E-state index in [-0.39, 0.29) is 6.54 Å². The lowest BCUT2D eigenvalue weighted by Gasteiger charge is -2.35. The van der Waals surface area contributed by atoms with Crippen LogP contribution in [0.4, 0.5) is 23.5 Å². The van der Waals surface area contributed by atoms with Crippen LogP contribution >= 0.6 is 0 Å². The Morgan fingerprint density at radius 3 is 2.69 bits per heavy atom. The fourth-order valence-corrected chi connectivity index (χ4v) is 5.16. The van der Waals surface area contributed by atoms with Crippen molar-refractivity contribution in [2.75, 3.05) is 37.6 Å². The van der Waals surface area contributed by atoms with Crippen molar-refractivity contribution in [3.63, 3.8) is 0 Å². The van der Waals surface area contributed by atoms with Gasteiger partial charge in [0.1, 0.15) is 29.4 Å². The van der Waals surface area contributed by atoms with Crippen molar-refractivity contribution < 1.29 is 17.6 Å². The number of hydrogen-bond acceptors (Lipinski definition) is 7. The molecule has 0 aliphatic carbocycles. The maximum absolute atomic E-state index is 15.8. The Morgan fingerprint density at radius 2 is 1.97 bits per heavy atom. The van der Waals surface area contributed by atoms with Crippen LogP contribution in [0.1, 0.15) is 35.8 Å². The zero-order chi connectivity index (χ0) is 27.1. The highest BCUT2D eigenvalue weighted by atomic mass is 19.4. The number of anilines is 1. The molecule has 2 saturated heterocycles. The van der Waals surface area contributed by atoms with Gasteiger partial charge in [0.15, 0.2) is 0 Å². The molecule has 9 nitrogen and oxygen atoms in total. The third-order valence-corrected chi connectivity index (χ3v) is 7.46. The van der Waals surface area contributed by atoms with Crippen molar-refractivity contribution in [3.05, 3.63) is 54.0 Å². The first kappa shape index (κ1) is 25.2. The minimum atomic E-state index is -4.57. The number of pyridine rings is 1. The summed E-state index contributed by atoms with van der Waals surface area (Å²) < 4.78 is 57.5. The van der Waals surface area contributed by atoms with Crippen molar-refractivity contribution in [2.24, 2.45) is 0 Å². The molecule has 0 spiro atoms. The maximum Gasteiger partial charge on any atom is 0.433 e. The van der Waals surface area contributed by atoms with Crippen LogP contribution in [0, 0.1) is 11.3 Å². The summed E-state index contributed by atoms with van der Waals surface area (Å²) in [5.41, 5.74) is 0.615. The lowest BCUT2D eigenvalue weighted by atomic mass is 9.94. The number of fused-ring (bicyclic) bond motifs is 1. The molecule has 4 aromatic heterocycles. The van der Waals surface area contributed by atoms with Crippen molar-refractivity contribution in [2.45, 2.75) is 37.7 Å². The smallest absolute Gasteiger partial charge is 0.345 e. The number of aromatic nitrogens is 6. The van der Waals surface area contributed by atoms with Crippen LogP contribution in [0.5, 0.6) is 0 Å². The highest BCUT2D eigenvalue weighted by molar-refractivity contribution is 5.82. The Morgan fingerprint density at radius 1 is 1.13 bits per heavy atom.